The van der Waals surface area contributed by atoms with Crippen LogP contribution in [0.1, 0.15) is 32.4 Å². The van der Waals surface area contributed by atoms with Crippen LogP contribution in [0.3, 0.4) is 0 Å². The van der Waals surface area contributed by atoms with Crippen molar-refractivity contribution in [3.63, 3.8) is 0 Å². The van der Waals surface area contributed by atoms with Gasteiger partial charge in [-0.25, -0.2) is 14.3 Å². The first-order valence-corrected chi connectivity index (χ1v) is 9.19. The van der Waals surface area contributed by atoms with E-state index in [1.807, 2.05) is 49.6 Å². The third-order valence-corrected chi connectivity index (χ3v) is 4.78. The van der Waals surface area contributed by atoms with E-state index in [9.17, 15) is 4.79 Å². The summed E-state index contributed by atoms with van der Waals surface area (Å²) in [6.45, 7) is 6.74. The lowest BCUT2D eigenvalue weighted by atomic mass is 9.96. The molecule has 0 saturated carbocycles. The predicted molar refractivity (Wildman–Crippen MR) is 108 cm³/mol. The van der Waals surface area contributed by atoms with Gasteiger partial charge in [-0.05, 0) is 44.5 Å². The van der Waals surface area contributed by atoms with E-state index in [-0.39, 0.29) is 12.0 Å². The number of hydrogen-bond donors (Lipinski definition) is 2. The van der Waals surface area contributed by atoms with Crippen LogP contribution in [0, 0.1) is 0 Å². The number of ether oxygens (including phenoxy) is 1. The molecule has 8 nitrogen and oxygen atoms in total. The number of amides is 1. The second-order valence-corrected chi connectivity index (χ2v) is 8.09. The lowest BCUT2D eigenvalue weighted by molar-refractivity contribution is 0.00774. The van der Waals surface area contributed by atoms with Gasteiger partial charge in [0.1, 0.15) is 17.4 Å². The number of anilines is 2. The molecule has 0 bridgehead atoms. The van der Waals surface area contributed by atoms with Gasteiger partial charge in [0.05, 0.1) is 5.69 Å². The van der Waals surface area contributed by atoms with E-state index < -0.39 is 5.60 Å². The van der Waals surface area contributed by atoms with Crippen LogP contribution < -0.4 is 11.5 Å². The van der Waals surface area contributed by atoms with Gasteiger partial charge in [-0.2, -0.15) is 5.10 Å². The molecule has 2 aromatic heterocycles. The van der Waals surface area contributed by atoms with Crippen molar-refractivity contribution in [3.05, 3.63) is 42.4 Å². The average molecular weight is 380 g/mol. The van der Waals surface area contributed by atoms with Crippen molar-refractivity contribution in [2.45, 2.75) is 32.3 Å². The molecule has 1 fully saturated rings. The number of nitrogens with two attached hydrogens (primary N) is 2. The minimum atomic E-state index is -0.506. The molecule has 1 amide bonds. The Morgan fingerprint density at radius 2 is 1.86 bits per heavy atom. The number of fused-ring (bicyclic) bond motifs is 1. The minimum absolute atomic E-state index is 0.150. The van der Waals surface area contributed by atoms with Gasteiger partial charge < -0.3 is 21.1 Å². The highest BCUT2D eigenvalue weighted by atomic mass is 16.6. The molecule has 4 N–H and O–H groups in total. The lowest BCUT2D eigenvalue weighted by Crippen LogP contribution is -2.50. The van der Waals surface area contributed by atoms with E-state index in [0.717, 1.165) is 22.3 Å². The standard InChI is InChI=1S/C20H24N6O2/c1-20(2,3)28-19(27)25-9-13(10-25)16-8-15(12-4-6-14(21)7-5-12)17-18(22)23-11-24-26(16)17/h4-8,11,13H,9-10,21H2,1-3H3,(H2,22,23,24). The number of carbonyl (C=O) groups is 1. The molecule has 0 unspecified atom stereocenters. The van der Waals surface area contributed by atoms with Crippen LogP contribution in [0.2, 0.25) is 0 Å². The molecule has 1 aliphatic heterocycles. The van der Waals surface area contributed by atoms with E-state index >= 15 is 0 Å². The maximum Gasteiger partial charge on any atom is 0.410 e. The van der Waals surface area contributed by atoms with Crippen LogP contribution in [0.4, 0.5) is 16.3 Å². The summed E-state index contributed by atoms with van der Waals surface area (Å²) in [7, 11) is 0. The molecule has 0 spiro atoms. The highest BCUT2D eigenvalue weighted by Crippen LogP contribution is 2.36. The highest BCUT2D eigenvalue weighted by Gasteiger charge is 2.37. The Labute approximate surface area is 163 Å². The van der Waals surface area contributed by atoms with Crippen LogP contribution in [-0.2, 0) is 4.74 Å². The number of rotatable bonds is 2. The Kier molecular flexibility index (Phi) is 4.14. The zero-order chi connectivity index (χ0) is 20.1. The summed E-state index contributed by atoms with van der Waals surface area (Å²) >= 11 is 0. The third-order valence-electron chi connectivity index (χ3n) is 4.78. The fourth-order valence-corrected chi connectivity index (χ4v) is 3.41. The van der Waals surface area contributed by atoms with Gasteiger partial charge in [-0.15, -0.1) is 0 Å². The summed E-state index contributed by atoms with van der Waals surface area (Å²) < 4.78 is 7.27. The summed E-state index contributed by atoms with van der Waals surface area (Å²) in [4.78, 5) is 18.1. The van der Waals surface area contributed by atoms with Gasteiger partial charge in [0, 0.05) is 30.3 Å². The molecule has 1 saturated heterocycles. The first kappa shape index (κ1) is 18.1. The fourth-order valence-electron chi connectivity index (χ4n) is 3.41. The van der Waals surface area contributed by atoms with Gasteiger partial charge in [-0.1, -0.05) is 12.1 Å². The number of carbonyl (C=O) groups excluding carboxylic acids is 1. The molecule has 146 valence electrons. The van der Waals surface area contributed by atoms with Crippen molar-refractivity contribution < 1.29 is 9.53 Å². The Bertz CT molecular complexity index is 1030. The molecule has 1 aromatic carbocycles. The minimum Gasteiger partial charge on any atom is -0.444 e. The molecule has 8 heteroatoms. The van der Waals surface area contributed by atoms with Gasteiger partial charge in [0.15, 0.2) is 5.82 Å². The van der Waals surface area contributed by atoms with Crippen molar-refractivity contribution in [2.24, 2.45) is 0 Å². The monoisotopic (exact) mass is 380 g/mol. The van der Waals surface area contributed by atoms with Crippen molar-refractivity contribution in [2.75, 3.05) is 24.6 Å². The molecule has 3 aromatic rings. The van der Waals surface area contributed by atoms with E-state index in [0.29, 0.717) is 24.6 Å². The number of hydrogen-bond acceptors (Lipinski definition) is 6. The molecule has 0 aliphatic carbocycles. The van der Waals surface area contributed by atoms with Gasteiger partial charge in [0.2, 0.25) is 0 Å². The van der Waals surface area contributed by atoms with Crippen LogP contribution in [0.25, 0.3) is 16.6 Å². The number of nitrogen functional groups attached to an aromatic ring is 2. The second kappa shape index (κ2) is 6.40. The van der Waals surface area contributed by atoms with Crippen molar-refractivity contribution in [1.82, 2.24) is 19.5 Å². The number of nitrogens with zero attached hydrogens (tertiary/aromatic N) is 4. The van der Waals surface area contributed by atoms with Gasteiger partial charge in [0.25, 0.3) is 0 Å². The number of benzene rings is 1. The SMILES string of the molecule is CC(C)(C)OC(=O)N1CC(c2cc(-c3ccc(N)cc3)c3c(N)ncnn23)C1. The summed E-state index contributed by atoms with van der Waals surface area (Å²) in [6.07, 6.45) is 1.15. The molecule has 4 rings (SSSR count). The average Bonchev–Trinajstić information content (AvgIpc) is 2.93. The summed E-state index contributed by atoms with van der Waals surface area (Å²) in [5.41, 5.74) is 15.9. The van der Waals surface area contributed by atoms with Crippen molar-refractivity contribution in [3.8, 4) is 11.1 Å². The molecule has 3 heterocycles. The first-order chi connectivity index (χ1) is 13.2. The molecule has 0 atom stereocenters. The summed E-state index contributed by atoms with van der Waals surface area (Å²) in [5, 5.41) is 4.40. The smallest absolute Gasteiger partial charge is 0.410 e. The predicted octanol–water partition coefficient (Wildman–Crippen LogP) is 2.90. The first-order valence-electron chi connectivity index (χ1n) is 9.19. The maximum atomic E-state index is 12.2. The quantitative estimate of drug-likeness (QED) is 0.661. The molecule has 0 radical (unpaired) electrons. The van der Waals surface area contributed by atoms with Crippen molar-refractivity contribution >= 4 is 23.1 Å². The Balaban J connectivity index is 1.65. The van der Waals surface area contributed by atoms with Crippen LogP contribution in [0.15, 0.2) is 36.7 Å². The van der Waals surface area contributed by atoms with Crippen LogP contribution in [-0.4, -0.2) is 44.3 Å². The van der Waals surface area contributed by atoms with Gasteiger partial charge in [-0.3, -0.25) is 0 Å². The highest BCUT2D eigenvalue weighted by molar-refractivity contribution is 5.88. The van der Waals surface area contributed by atoms with Crippen LogP contribution in [0.5, 0.6) is 0 Å². The van der Waals surface area contributed by atoms with Crippen LogP contribution >= 0.6 is 0 Å². The van der Waals surface area contributed by atoms with E-state index in [2.05, 4.69) is 16.1 Å². The third kappa shape index (κ3) is 3.21. The Morgan fingerprint density at radius 1 is 1.18 bits per heavy atom. The van der Waals surface area contributed by atoms with E-state index in [1.165, 1.54) is 6.33 Å². The fraction of sp³-hybridized carbons (Fsp3) is 0.350. The zero-order valence-electron chi connectivity index (χ0n) is 16.2. The second-order valence-electron chi connectivity index (χ2n) is 8.09. The van der Waals surface area contributed by atoms with E-state index in [1.54, 1.807) is 4.90 Å². The maximum absolute atomic E-state index is 12.2. The Morgan fingerprint density at radius 3 is 2.50 bits per heavy atom. The van der Waals surface area contributed by atoms with Crippen molar-refractivity contribution in [1.29, 1.82) is 0 Å². The largest absolute Gasteiger partial charge is 0.444 e. The zero-order valence-corrected chi connectivity index (χ0v) is 16.2. The molecule has 1 aliphatic rings. The topological polar surface area (TPSA) is 112 Å². The molecular formula is C20H24N6O2. The lowest BCUT2D eigenvalue weighted by Gasteiger charge is -2.39. The van der Waals surface area contributed by atoms with E-state index in [4.69, 9.17) is 16.2 Å². The number of aromatic nitrogens is 3. The number of likely N-dealkylation sites (tertiary alicyclic amines) is 1. The normalized spacial score (nSPS) is 14.9. The summed E-state index contributed by atoms with van der Waals surface area (Å²) in [6, 6.07) is 9.68. The Hall–Kier alpha value is -3.29. The molecular weight excluding hydrogens is 356 g/mol. The summed E-state index contributed by atoms with van der Waals surface area (Å²) in [5.74, 6) is 0.563. The molecule has 28 heavy (non-hydrogen) atoms. The van der Waals surface area contributed by atoms with Gasteiger partial charge >= 0.3 is 6.09 Å².